The number of piperazine rings is 1. The summed E-state index contributed by atoms with van der Waals surface area (Å²) in [4.78, 5) is 16.3. The van der Waals surface area contributed by atoms with Crippen molar-refractivity contribution < 1.29 is 4.79 Å². The molecule has 0 aromatic heterocycles. The Morgan fingerprint density at radius 3 is 2.35 bits per heavy atom. The molecule has 1 aromatic rings. The average Bonchev–Trinajstić information content (AvgIpc) is 2.43. The Kier molecular flexibility index (Phi) is 5.13. The van der Waals surface area contributed by atoms with Gasteiger partial charge in [-0.15, -0.1) is 0 Å². The molecular formula is C14H19Cl2N3O. The highest BCUT2D eigenvalue weighted by Gasteiger charge is 2.22. The fourth-order valence-corrected chi connectivity index (χ4v) is 2.52. The molecule has 0 atom stereocenters. The Morgan fingerprint density at radius 2 is 1.80 bits per heavy atom. The summed E-state index contributed by atoms with van der Waals surface area (Å²) in [5.41, 5.74) is 0.663. The lowest BCUT2D eigenvalue weighted by Gasteiger charge is -2.36. The molecule has 0 bridgehead atoms. The molecule has 4 nitrogen and oxygen atoms in total. The van der Waals surface area contributed by atoms with Gasteiger partial charge in [-0.3, -0.25) is 4.90 Å². The third kappa shape index (κ3) is 3.78. The van der Waals surface area contributed by atoms with Gasteiger partial charge in [-0.1, -0.05) is 23.2 Å². The lowest BCUT2D eigenvalue weighted by atomic mass is 10.2. The second-order valence-electron chi connectivity index (χ2n) is 5.18. The molecule has 1 fully saturated rings. The smallest absolute Gasteiger partial charge is 0.321 e. The molecule has 110 valence electrons. The molecule has 1 aliphatic heterocycles. The Hall–Kier alpha value is -0.970. The van der Waals surface area contributed by atoms with Gasteiger partial charge in [0.15, 0.2) is 0 Å². The summed E-state index contributed by atoms with van der Waals surface area (Å²) in [5, 5.41) is 3.77. The van der Waals surface area contributed by atoms with Crippen molar-refractivity contribution in [3.8, 4) is 0 Å². The van der Waals surface area contributed by atoms with Crippen LogP contribution in [0.3, 0.4) is 0 Å². The number of benzene rings is 1. The van der Waals surface area contributed by atoms with Gasteiger partial charge in [-0.05, 0) is 32.0 Å². The van der Waals surface area contributed by atoms with E-state index in [1.807, 2.05) is 4.90 Å². The summed E-state index contributed by atoms with van der Waals surface area (Å²) in [6, 6.07) is 5.51. The lowest BCUT2D eigenvalue weighted by molar-refractivity contribution is 0.125. The first-order chi connectivity index (χ1) is 9.47. The lowest BCUT2D eigenvalue weighted by Crippen LogP contribution is -2.51. The van der Waals surface area contributed by atoms with Crippen LogP contribution in [0.4, 0.5) is 10.5 Å². The molecule has 0 unspecified atom stereocenters. The molecule has 1 heterocycles. The first kappa shape index (κ1) is 15.4. The minimum Gasteiger partial charge on any atom is -0.322 e. The molecule has 1 aromatic carbocycles. The van der Waals surface area contributed by atoms with Gasteiger partial charge in [-0.25, -0.2) is 4.79 Å². The second kappa shape index (κ2) is 6.66. The SMILES string of the molecule is CC(C)N1CCN(C(=O)Nc2ccc(Cl)c(Cl)c2)CC1. The van der Waals surface area contributed by atoms with E-state index in [9.17, 15) is 4.79 Å². The van der Waals surface area contributed by atoms with Crippen molar-refractivity contribution in [1.29, 1.82) is 0 Å². The minimum absolute atomic E-state index is 0.0909. The Labute approximate surface area is 129 Å². The summed E-state index contributed by atoms with van der Waals surface area (Å²) in [6.45, 7) is 7.65. The second-order valence-corrected chi connectivity index (χ2v) is 5.99. The van der Waals surface area contributed by atoms with Crippen molar-refractivity contribution in [2.75, 3.05) is 31.5 Å². The van der Waals surface area contributed by atoms with Gasteiger partial charge in [0.1, 0.15) is 0 Å². The molecule has 1 N–H and O–H groups in total. The molecule has 2 rings (SSSR count). The number of amides is 2. The summed E-state index contributed by atoms with van der Waals surface area (Å²) in [5.74, 6) is 0. The van der Waals surface area contributed by atoms with E-state index >= 15 is 0 Å². The summed E-state index contributed by atoms with van der Waals surface area (Å²) in [6.07, 6.45) is 0. The summed E-state index contributed by atoms with van der Waals surface area (Å²) < 4.78 is 0. The van der Waals surface area contributed by atoms with Crippen LogP contribution in [-0.2, 0) is 0 Å². The van der Waals surface area contributed by atoms with Crippen molar-refractivity contribution >= 4 is 34.9 Å². The number of rotatable bonds is 2. The highest BCUT2D eigenvalue weighted by molar-refractivity contribution is 6.42. The summed E-state index contributed by atoms with van der Waals surface area (Å²) >= 11 is 11.8. The maximum absolute atomic E-state index is 12.2. The zero-order valence-corrected chi connectivity index (χ0v) is 13.2. The maximum Gasteiger partial charge on any atom is 0.321 e. The molecule has 20 heavy (non-hydrogen) atoms. The topological polar surface area (TPSA) is 35.6 Å². The van der Waals surface area contributed by atoms with Crippen LogP contribution in [0, 0.1) is 0 Å². The van der Waals surface area contributed by atoms with Gasteiger partial charge >= 0.3 is 6.03 Å². The fraction of sp³-hybridized carbons (Fsp3) is 0.500. The number of carbonyl (C=O) groups excluding carboxylic acids is 1. The molecule has 1 aliphatic rings. The number of hydrogen-bond acceptors (Lipinski definition) is 2. The highest BCUT2D eigenvalue weighted by atomic mass is 35.5. The Morgan fingerprint density at radius 1 is 1.15 bits per heavy atom. The van der Waals surface area contributed by atoms with E-state index in [4.69, 9.17) is 23.2 Å². The van der Waals surface area contributed by atoms with Crippen LogP contribution in [0.15, 0.2) is 18.2 Å². The van der Waals surface area contributed by atoms with E-state index in [0.717, 1.165) is 26.2 Å². The van der Waals surface area contributed by atoms with Crippen LogP contribution in [0.2, 0.25) is 10.0 Å². The molecule has 6 heteroatoms. The third-order valence-electron chi connectivity index (χ3n) is 3.50. The Bertz CT molecular complexity index is 485. The molecule has 0 aliphatic carbocycles. The maximum atomic E-state index is 12.2. The molecular weight excluding hydrogens is 297 g/mol. The van der Waals surface area contributed by atoms with Gasteiger partial charge in [-0.2, -0.15) is 0 Å². The first-order valence-corrected chi connectivity index (χ1v) is 7.48. The highest BCUT2D eigenvalue weighted by Crippen LogP contribution is 2.25. The predicted molar refractivity (Wildman–Crippen MR) is 83.8 cm³/mol. The van der Waals surface area contributed by atoms with Gasteiger partial charge in [0.05, 0.1) is 10.0 Å². The molecule has 2 amide bonds. The third-order valence-corrected chi connectivity index (χ3v) is 4.24. The van der Waals surface area contributed by atoms with E-state index in [2.05, 4.69) is 24.1 Å². The van der Waals surface area contributed by atoms with Crippen molar-refractivity contribution in [3.63, 3.8) is 0 Å². The minimum atomic E-state index is -0.0909. The zero-order valence-electron chi connectivity index (χ0n) is 11.7. The van der Waals surface area contributed by atoms with Gasteiger partial charge in [0.2, 0.25) is 0 Å². The Balaban J connectivity index is 1.91. The van der Waals surface area contributed by atoms with E-state index in [-0.39, 0.29) is 6.03 Å². The average molecular weight is 316 g/mol. The normalized spacial score (nSPS) is 16.6. The quantitative estimate of drug-likeness (QED) is 0.906. The number of carbonyl (C=O) groups is 1. The number of anilines is 1. The molecule has 0 saturated carbocycles. The van der Waals surface area contributed by atoms with E-state index in [1.165, 1.54) is 0 Å². The zero-order chi connectivity index (χ0) is 14.7. The van der Waals surface area contributed by atoms with E-state index < -0.39 is 0 Å². The number of urea groups is 1. The molecule has 1 saturated heterocycles. The monoisotopic (exact) mass is 315 g/mol. The van der Waals surface area contributed by atoms with E-state index in [0.29, 0.717) is 21.8 Å². The number of nitrogens with zero attached hydrogens (tertiary/aromatic N) is 2. The van der Waals surface area contributed by atoms with Crippen LogP contribution in [-0.4, -0.2) is 48.1 Å². The fourth-order valence-electron chi connectivity index (χ4n) is 2.22. The molecule has 0 radical (unpaired) electrons. The van der Waals surface area contributed by atoms with Gasteiger partial charge < -0.3 is 10.2 Å². The largest absolute Gasteiger partial charge is 0.322 e. The van der Waals surface area contributed by atoms with Gasteiger partial charge in [0.25, 0.3) is 0 Å². The van der Waals surface area contributed by atoms with Crippen molar-refractivity contribution in [2.24, 2.45) is 0 Å². The van der Waals surface area contributed by atoms with Crippen LogP contribution in [0.25, 0.3) is 0 Å². The van der Waals surface area contributed by atoms with Crippen LogP contribution >= 0.6 is 23.2 Å². The number of nitrogens with one attached hydrogen (secondary N) is 1. The summed E-state index contributed by atoms with van der Waals surface area (Å²) in [7, 11) is 0. The number of halogens is 2. The first-order valence-electron chi connectivity index (χ1n) is 6.72. The van der Waals surface area contributed by atoms with E-state index in [1.54, 1.807) is 18.2 Å². The van der Waals surface area contributed by atoms with Gasteiger partial charge in [0, 0.05) is 37.9 Å². The number of hydrogen-bond donors (Lipinski definition) is 1. The van der Waals surface area contributed by atoms with Crippen LogP contribution in [0.5, 0.6) is 0 Å². The van der Waals surface area contributed by atoms with Crippen LogP contribution in [0.1, 0.15) is 13.8 Å². The standard InChI is InChI=1S/C14H19Cl2N3O/c1-10(2)18-5-7-19(8-6-18)14(20)17-11-3-4-12(15)13(16)9-11/h3-4,9-10H,5-8H2,1-2H3,(H,17,20). The predicted octanol–water partition coefficient (Wildman–Crippen LogP) is 3.55. The van der Waals surface area contributed by atoms with Crippen molar-refractivity contribution in [2.45, 2.75) is 19.9 Å². The van der Waals surface area contributed by atoms with Crippen LogP contribution < -0.4 is 5.32 Å². The molecule has 0 spiro atoms. The van der Waals surface area contributed by atoms with Crippen molar-refractivity contribution in [1.82, 2.24) is 9.80 Å². The van der Waals surface area contributed by atoms with Crippen molar-refractivity contribution in [3.05, 3.63) is 28.2 Å².